The number of carbonyl (C=O) groups is 1. The molecule has 1 aliphatic rings. The van der Waals surface area contributed by atoms with Gasteiger partial charge in [-0.1, -0.05) is 30.3 Å². The Morgan fingerprint density at radius 2 is 1.81 bits per heavy atom. The van der Waals surface area contributed by atoms with E-state index < -0.39 is 0 Å². The Morgan fingerprint density at radius 3 is 2.45 bits per heavy atom. The van der Waals surface area contributed by atoms with Gasteiger partial charge in [-0.2, -0.15) is 0 Å². The lowest BCUT2D eigenvalue weighted by Crippen LogP contribution is -2.47. The number of benzene rings is 2. The van der Waals surface area contributed by atoms with Crippen molar-refractivity contribution in [3.8, 4) is 5.75 Å². The molecule has 0 aromatic heterocycles. The van der Waals surface area contributed by atoms with Crippen LogP contribution in [0.5, 0.6) is 5.75 Å². The van der Waals surface area contributed by atoms with E-state index in [0.29, 0.717) is 12.5 Å². The van der Waals surface area contributed by atoms with E-state index in [1.165, 1.54) is 5.56 Å². The first kappa shape index (κ1) is 22.6. The molecule has 1 heterocycles. The first-order valence-corrected chi connectivity index (χ1v) is 10.4. The zero-order valence-electron chi connectivity index (χ0n) is 18.1. The fraction of sp³-hybridized carbons (Fsp3) is 0.391. The molecule has 1 amide bonds. The summed E-state index contributed by atoms with van der Waals surface area (Å²) in [7, 11) is 3.36. The maximum absolute atomic E-state index is 12.2. The summed E-state index contributed by atoms with van der Waals surface area (Å²) in [6, 6.07) is 17.7. The molecular formula is C23H31N5O3. The normalized spacial score (nSPS) is 15.7. The fourth-order valence-corrected chi connectivity index (χ4v) is 3.48. The molecule has 0 radical (unpaired) electrons. The summed E-state index contributed by atoms with van der Waals surface area (Å²) in [6.45, 7) is 3.94. The summed E-state index contributed by atoms with van der Waals surface area (Å²) in [5.74, 6) is 1.28. The highest BCUT2D eigenvalue weighted by Crippen LogP contribution is 2.23. The highest BCUT2D eigenvalue weighted by atomic mass is 16.5. The van der Waals surface area contributed by atoms with E-state index >= 15 is 0 Å². The van der Waals surface area contributed by atoms with Crippen LogP contribution in [-0.4, -0.2) is 70.3 Å². The molecule has 1 fully saturated rings. The number of hydrogen-bond acceptors (Lipinski definition) is 5. The minimum atomic E-state index is -0.131. The molecule has 0 aliphatic carbocycles. The lowest BCUT2D eigenvalue weighted by molar-refractivity contribution is -0.115. The number of anilines is 1. The SMILES string of the molecule is CN=C(NCC(=O)Nc1ccccc1)NCC(c1ccc(OC)cc1)N1CCOCC1. The highest BCUT2D eigenvalue weighted by Gasteiger charge is 2.23. The number of nitrogens with one attached hydrogen (secondary N) is 3. The zero-order valence-corrected chi connectivity index (χ0v) is 18.1. The van der Waals surface area contributed by atoms with Gasteiger partial charge in [-0.25, -0.2) is 0 Å². The number of guanidine groups is 1. The van der Waals surface area contributed by atoms with Crippen molar-refractivity contribution in [1.29, 1.82) is 0 Å². The van der Waals surface area contributed by atoms with E-state index in [0.717, 1.165) is 37.7 Å². The first-order chi connectivity index (χ1) is 15.2. The van der Waals surface area contributed by atoms with Gasteiger partial charge in [0.15, 0.2) is 5.96 Å². The molecule has 8 nitrogen and oxygen atoms in total. The van der Waals surface area contributed by atoms with Gasteiger partial charge in [-0.05, 0) is 29.8 Å². The lowest BCUT2D eigenvalue weighted by Gasteiger charge is -2.35. The van der Waals surface area contributed by atoms with Crippen LogP contribution in [0.3, 0.4) is 0 Å². The van der Waals surface area contributed by atoms with Gasteiger partial charge in [-0.15, -0.1) is 0 Å². The van der Waals surface area contributed by atoms with Crippen molar-refractivity contribution in [3.63, 3.8) is 0 Å². The van der Waals surface area contributed by atoms with Crippen molar-refractivity contribution in [2.75, 3.05) is 58.9 Å². The summed E-state index contributed by atoms with van der Waals surface area (Å²) in [4.78, 5) is 18.9. The third-order valence-electron chi connectivity index (χ3n) is 5.15. The van der Waals surface area contributed by atoms with Gasteiger partial charge in [0.1, 0.15) is 5.75 Å². The molecule has 3 N–H and O–H groups in total. The number of amides is 1. The second-order valence-corrected chi connectivity index (χ2v) is 7.16. The van der Waals surface area contributed by atoms with E-state index in [9.17, 15) is 4.79 Å². The lowest BCUT2D eigenvalue weighted by atomic mass is 10.0. The van der Waals surface area contributed by atoms with Crippen LogP contribution in [-0.2, 0) is 9.53 Å². The number of para-hydroxylation sites is 1. The number of ether oxygens (including phenoxy) is 2. The standard InChI is InChI=1S/C23H31N5O3/c1-24-23(26-17-22(29)27-19-6-4-3-5-7-19)25-16-21(28-12-14-31-15-13-28)18-8-10-20(30-2)11-9-18/h3-11,21H,12-17H2,1-2H3,(H,27,29)(H2,24,25,26). The monoisotopic (exact) mass is 425 g/mol. The van der Waals surface area contributed by atoms with Crippen molar-refractivity contribution < 1.29 is 14.3 Å². The second kappa shape index (κ2) is 11.9. The largest absolute Gasteiger partial charge is 0.497 e. The molecule has 2 aromatic carbocycles. The van der Waals surface area contributed by atoms with Gasteiger partial charge >= 0.3 is 0 Å². The maximum Gasteiger partial charge on any atom is 0.243 e. The van der Waals surface area contributed by atoms with Crippen LogP contribution < -0.4 is 20.7 Å². The summed E-state index contributed by atoms with van der Waals surface area (Å²) in [6.07, 6.45) is 0. The van der Waals surface area contributed by atoms with Gasteiger partial charge in [-0.3, -0.25) is 14.7 Å². The Bertz CT molecular complexity index is 836. The molecule has 1 atom stereocenters. The number of aliphatic imine (C=N–C) groups is 1. The Hall–Kier alpha value is -3.10. The Morgan fingerprint density at radius 1 is 1.10 bits per heavy atom. The molecule has 0 bridgehead atoms. The molecule has 1 saturated heterocycles. The predicted molar refractivity (Wildman–Crippen MR) is 123 cm³/mol. The van der Waals surface area contributed by atoms with E-state index in [1.54, 1.807) is 14.2 Å². The van der Waals surface area contributed by atoms with E-state index in [-0.39, 0.29) is 18.5 Å². The number of morpholine rings is 1. The smallest absolute Gasteiger partial charge is 0.243 e. The molecule has 8 heteroatoms. The van der Waals surface area contributed by atoms with Crippen molar-refractivity contribution in [2.45, 2.75) is 6.04 Å². The zero-order chi connectivity index (χ0) is 21.9. The van der Waals surface area contributed by atoms with Crippen LogP contribution in [0.1, 0.15) is 11.6 Å². The molecule has 1 aliphatic heterocycles. The third-order valence-corrected chi connectivity index (χ3v) is 5.15. The Kier molecular flexibility index (Phi) is 8.69. The molecule has 0 saturated carbocycles. The molecule has 0 spiro atoms. The van der Waals surface area contributed by atoms with Crippen LogP contribution >= 0.6 is 0 Å². The number of methoxy groups -OCH3 is 1. The van der Waals surface area contributed by atoms with Gasteiger partial charge in [0.25, 0.3) is 0 Å². The van der Waals surface area contributed by atoms with Gasteiger partial charge < -0.3 is 25.4 Å². The summed E-state index contributed by atoms with van der Waals surface area (Å²) < 4.78 is 10.8. The maximum atomic E-state index is 12.2. The Balaban J connectivity index is 1.57. The predicted octanol–water partition coefficient (Wildman–Crippen LogP) is 1.87. The van der Waals surface area contributed by atoms with E-state index in [2.05, 4.69) is 38.0 Å². The number of rotatable bonds is 8. The number of nitrogens with zero attached hydrogens (tertiary/aromatic N) is 2. The summed E-state index contributed by atoms with van der Waals surface area (Å²) in [5, 5.41) is 9.30. The highest BCUT2D eigenvalue weighted by molar-refractivity contribution is 5.94. The van der Waals surface area contributed by atoms with Crippen LogP contribution in [0, 0.1) is 0 Å². The van der Waals surface area contributed by atoms with Gasteiger partial charge in [0.2, 0.25) is 5.91 Å². The number of carbonyl (C=O) groups excluding carboxylic acids is 1. The van der Waals surface area contributed by atoms with Crippen LogP contribution in [0.4, 0.5) is 5.69 Å². The molecule has 31 heavy (non-hydrogen) atoms. The average molecular weight is 426 g/mol. The second-order valence-electron chi connectivity index (χ2n) is 7.16. The van der Waals surface area contributed by atoms with Crippen molar-refractivity contribution >= 4 is 17.6 Å². The Labute approximate surface area is 183 Å². The van der Waals surface area contributed by atoms with E-state index in [4.69, 9.17) is 9.47 Å². The quantitative estimate of drug-likeness (QED) is 0.442. The number of hydrogen-bond donors (Lipinski definition) is 3. The third kappa shape index (κ3) is 6.97. The fourth-order valence-electron chi connectivity index (χ4n) is 3.48. The topological polar surface area (TPSA) is 87.2 Å². The molecule has 166 valence electrons. The van der Waals surface area contributed by atoms with Crippen LogP contribution in [0.15, 0.2) is 59.6 Å². The van der Waals surface area contributed by atoms with Gasteiger partial charge in [0, 0.05) is 32.4 Å². The average Bonchev–Trinajstić information content (AvgIpc) is 2.83. The van der Waals surface area contributed by atoms with Crippen molar-refractivity contribution in [2.24, 2.45) is 4.99 Å². The molecule has 3 rings (SSSR count). The van der Waals surface area contributed by atoms with E-state index in [1.807, 2.05) is 42.5 Å². The summed E-state index contributed by atoms with van der Waals surface area (Å²) >= 11 is 0. The molecular weight excluding hydrogens is 394 g/mol. The van der Waals surface area contributed by atoms with Crippen molar-refractivity contribution in [1.82, 2.24) is 15.5 Å². The first-order valence-electron chi connectivity index (χ1n) is 10.4. The van der Waals surface area contributed by atoms with Crippen LogP contribution in [0.2, 0.25) is 0 Å². The summed E-state index contributed by atoms with van der Waals surface area (Å²) in [5.41, 5.74) is 1.96. The van der Waals surface area contributed by atoms with Gasteiger partial charge in [0.05, 0.1) is 32.9 Å². The minimum Gasteiger partial charge on any atom is -0.497 e. The van der Waals surface area contributed by atoms with Crippen LogP contribution in [0.25, 0.3) is 0 Å². The minimum absolute atomic E-state index is 0.124. The van der Waals surface area contributed by atoms with Crippen molar-refractivity contribution in [3.05, 3.63) is 60.2 Å². The molecule has 1 unspecified atom stereocenters. The molecule has 2 aromatic rings.